The minimum Gasteiger partial charge on any atom is -0.488 e. The number of ether oxygens (including phenoxy) is 3. The summed E-state index contributed by atoms with van der Waals surface area (Å²) in [5.74, 6) is 0.718. The summed E-state index contributed by atoms with van der Waals surface area (Å²) >= 11 is 3.53. The van der Waals surface area contributed by atoms with Crippen molar-refractivity contribution in [1.82, 2.24) is 0 Å². The van der Waals surface area contributed by atoms with Crippen LogP contribution in [0.3, 0.4) is 0 Å². The summed E-state index contributed by atoms with van der Waals surface area (Å²) in [6.07, 6.45) is 4.35. The highest BCUT2D eigenvalue weighted by atomic mass is 79.9. The zero-order valence-electron chi connectivity index (χ0n) is 11.9. The maximum Gasteiger partial charge on any atom is 0.269 e. The summed E-state index contributed by atoms with van der Waals surface area (Å²) in [4.78, 5) is 0. The first-order valence-corrected chi connectivity index (χ1v) is 7.66. The van der Waals surface area contributed by atoms with Crippen LogP contribution in [-0.4, -0.2) is 0 Å². The van der Waals surface area contributed by atoms with Gasteiger partial charge in [-0.3, -0.25) is 0 Å². The molecule has 0 saturated heterocycles. The van der Waals surface area contributed by atoms with Crippen molar-refractivity contribution in [3.8, 4) is 5.75 Å². The third-order valence-electron chi connectivity index (χ3n) is 3.30. The Balaban J connectivity index is 1.88. The number of benzene rings is 2. The van der Waals surface area contributed by atoms with E-state index in [1.807, 2.05) is 42.5 Å². The van der Waals surface area contributed by atoms with Gasteiger partial charge in [-0.05, 0) is 23.3 Å². The van der Waals surface area contributed by atoms with Gasteiger partial charge < -0.3 is 14.2 Å². The normalized spacial score (nSPS) is 13.5. The molecular formula is C18H15BrO3. The van der Waals surface area contributed by atoms with Crippen LogP contribution in [0, 0.1) is 0 Å². The van der Waals surface area contributed by atoms with Crippen LogP contribution in [0.4, 0.5) is 0 Å². The molecule has 0 aliphatic carbocycles. The lowest BCUT2D eigenvalue weighted by atomic mass is 10.1. The Morgan fingerprint density at radius 2 is 1.86 bits per heavy atom. The Morgan fingerprint density at radius 3 is 2.55 bits per heavy atom. The standard InChI is InChI=1S/C18H15BrO3/c1-2-14-10-17(22-12-13-6-4-3-5-7-13)15(11-16(14)19)18-20-8-9-21-18/h2-11,18H,1,12H2. The van der Waals surface area contributed by atoms with Gasteiger partial charge in [0.1, 0.15) is 24.9 Å². The van der Waals surface area contributed by atoms with Gasteiger partial charge in [0.15, 0.2) is 0 Å². The zero-order valence-corrected chi connectivity index (χ0v) is 13.5. The molecule has 112 valence electrons. The van der Waals surface area contributed by atoms with Gasteiger partial charge in [0.2, 0.25) is 0 Å². The van der Waals surface area contributed by atoms with E-state index in [0.29, 0.717) is 6.61 Å². The Bertz CT molecular complexity index is 687. The van der Waals surface area contributed by atoms with Gasteiger partial charge in [-0.2, -0.15) is 0 Å². The Labute approximate surface area is 138 Å². The van der Waals surface area contributed by atoms with Crippen LogP contribution < -0.4 is 4.74 Å². The molecule has 0 spiro atoms. The van der Waals surface area contributed by atoms with Gasteiger partial charge in [0.25, 0.3) is 6.29 Å². The molecular weight excluding hydrogens is 344 g/mol. The lowest BCUT2D eigenvalue weighted by Crippen LogP contribution is -2.04. The van der Waals surface area contributed by atoms with E-state index in [-0.39, 0.29) is 0 Å². The van der Waals surface area contributed by atoms with E-state index in [1.54, 1.807) is 6.08 Å². The van der Waals surface area contributed by atoms with Crippen LogP contribution in [0.2, 0.25) is 0 Å². The van der Waals surface area contributed by atoms with Crippen molar-refractivity contribution >= 4 is 22.0 Å². The maximum atomic E-state index is 5.98. The van der Waals surface area contributed by atoms with Gasteiger partial charge in [-0.1, -0.05) is 58.9 Å². The first-order valence-electron chi connectivity index (χ1n) is 6.86. The van der Waals surface area contributed by atoms with Crippen LogP contribution in [0.5, 0.6) is 5.75 Å². The topological polar surface area (TPSA) is 27.7 Å². The molecule has 1 heterocycles. The van der Waals surface area contributed by atoms with E-state index in [2.05, 4.69) is 22.5 Å². The Hall–Kier alpha value is -2.20. The third-order valence-corrected chi connectivity index (χ3v) is 3.99. The van der Waals surface area contributed by atoms with E-state index < -0.39 is 6.29 Å². The average molecular weight is 359 g/mol. The molecule has 2 aromatic rings. The summed E-state index contributed by atoms with van der Waals surface area (Å²) in [6, 6.07) is 13.9. The summed E-state index contributed by atoms with van der Waals surface area (Å²) in [5.41, 5.74) is 2.89. The molecule has 3 nitrogen and oxygen atoms in total. The molecule has 0 N–H and O–H groups in total. The first kappa shape index (κ1) is 14.7. The molecule has 0 unspecified atom stereocenters. The minimum atomic E-state index is -0.485. The van der Waals surface area contributed by atoms with E-state index in [1.165, 1.54) is 12.5 Å². The molecule has 3 rings (SSSR count). The van der Waals surface area contributed by atoms with E-state index >= 15 is 0 Å². The summed E-state index contributed by atoms with van der Waals surface area (Å²) in [5, 5.41) is 0. The molecule has 0 radical (unpaired) electrons. The van der Waals surface area contributed by atoms with Gasteiger partial charge in [0.05, 0.1) is 5.56 Å². The van der Waals surface area contributed by atoms with Crippen molar-refractivity contribution in [2.75, 3.05) is 0 Å². The molecule has 0 bridgehead atoms. The van der Waals surface area contributed by atoms with E-state index in [4.69, 9.17) is 14.2 Å². The van der Waals surface area contributed by atoms with Gasteiger partial charge in [-0.15, -0.1) is 0 Å². The fourth-order valence-corrected chi connectivity index (χ4v) is 2.69. The molecule has 0 saturated carbocycles. The molecule has 4 heteroatoms. The average Bonchev–Trinajstić information content (AvgIpc) is 3.08. The van der Waals surface area contributed by atoms with E-state index in [9.17, 15) is 0 Å². The smallest absolute Gasteiger partial charge is 0.269 e. The predicted molar refractivity (Wildman–Crippen MR) is 89.1 cm³/mol. The van der Waals surface area contributed by atoms with Crippen LogP contribution in [0.1, 0.15) is 23.0 Å². The third kappa shape index (κ3) is 3.17. The SMILES string of the molecule is C=Cc1cc(OCc2ccccc2)c(C2OC=CO2)cc1Br. The van der Waals surface area contributed by atoms with Gasteiger partial charge in [0, 0.05) is 4.47 Å². The number of hydrogen-bond donors (Lipinski definition) is 0. The number of rotatable bonds is 5. The van der Waals surface area contributed by atoms with Crippen LogP contribution in [0.25, 0.3) is 6.08 Å². The molecule has 2 aromatic carbocycles. The Morgan fingerprint density at radius 1 is 1.14 bits per heavy atom. The van der Waals surface area contributed by atoms with Crippen molar-refractivity contribution in [3.05, 3.63) is 82.7 Å². The monoisotopic (exact) mass is 358 g/mol. The summed E-state index contributed by atoms with van der Waals surface area (Å²) < 4.78 is 17.8. The molecule has 1 aliphatic heterocycles. The highest BCUT2D eigenvalue weighted by Crippen LogP contribution is 2.36. The van der Waals surface area contributed by atoms with Gasteiger partial charge >= 0.3 is 0 Å². The molecule has 0 amide bonds. The van der Waals surface area contributed by atoms with Crippen molar-refractivity contribution in [2.24, 2.45) is 0 Å². The summed E-state index contributed by atoms with van der Waals surface area (Å²) in [7, 11) is 0. The largest absolute Gasteiger partial charge is 0.488 e. The second-order valence-corrected chi connectivity index (χ2v) is 5.62. The van der Waals surface area contributed by atoms with Crippen LogP contribution in [-0.2, 0) is 16.1 Å². The second kappa shape index (κ2) is 6.71. The molecule has 1 aliphatic rings. The highest BCUT2D eigenvalue weighted by Gasteiger charge is 2.22. The highest BCUT2D eigenvalue weighted by molar-refractivity contribution is 9.10. The van der Waals surface area contributed by atoms with Crippen molar-refractivity contribution in [3.63, 3.8) is 0 Å². The first-order chi connectivity index (χ1) is 10.8. The van der Waals surface area contributed by atoms with E-state index in [0.717, 1.165) is 26.9 Å². The van der Waals surface area contributed by atoms with Crippen LogP contribution >= 0.6 is 15.9 Å². The number of hydrogen-bond acceptors (Lipinski definition) is 3. The minimum absolute atomic E-state index is 0.478. The zero-order chi connectivity index (χ0) is 15.4. The van der Waals surface area contributed by atoms with Crippen molar-refractivity contribution in [1.29, 1.82) is 0 Å². The predicted octanol–water partition coefficient (Wildman–Crippen LogP) is 5.19. The molecule has 0 atom stereocenters. The van der Waals surface area contributed by atoms with Gasteiger partial charge in [-0.25, -0.2) is 0 Å². The lowest BCUT2D eigenvalue weighted by Gasteiger charge is -2.17. The van der Waals surface area contributed by atoms with Crippen molar-refractivity contribution in [2.45, 2.75) is 12.9 Å². The quantitative estimate of drug-likeness (QED) is 0.736. The fraction of sp³-hybridized carbons (Fsp3) is 0.111. The maximum absolute atomic E-state index is 5.98. The fourth-order valence-electron chi connectivity index (χ4n) is 2.17. The number of halogens is 1. The van der Waals surface area contributed by atoms with Crippen LogP contribution in [0.15, 0.2) is 66.0 Å². The molecule has 0 aromatic heterocycles. The van der Waals surface area contributed by atoms with Crippen molar-refractivity contribution < 1.29 is 14.2 Å². The lowest BCUT2D eigenvalue weighted by molar-refractivity contribution is -0.0266. The molecule has 0 fully saturated rings. The Kier molecular flexibility index (Phi) is 4.49. The molecule has 22 heavy (non-hydrogen) atoms. The second-order valence-electron chi connectivity index (χ2n) is 4.77. The summed E-state index contributed by atoms with van der Waals surface area (Å²) in [6.45, 7) is 4.30.